The maximum atomic E-state index is 13.0. The molecule has 5 rings (SSSR count). The van der Waals surface area contributed by atoms with E-state index in [1.807, 2.05) is 0 Å². The first-order valence-corrected chi connectivity index (χ1v) is 25.1. The van der Waals surface area contributed by atoms with Crippen molar-refractivity contribution in [2.24, 2.45) is 5.73 Å². The van der Waals surface area contributed by atoms with Gasteiger partial charge in [-0.3, -0.25) is 33.0 Å². The molecule has 0 bridgehead atoms. The van der Waals surface area contributed by atoms with E-state index in [-0.39, 0.29) is 0 Å². The van der Waals surface area contributed by atoms with Gasteiger partial charge in [-0.05, 0) is 0 Å². The molecule has 0 radical (unpaired) electrons. The van der Waals surface area contributed by atoms with Crippen molar-refractivity contribution in [3.8, 4) is 0 Å². The molecule has 5 aliphatic heterocycles. The van der Waals surface area contributed by atoms with Gasteiger partial charge in [0.15, 0.2) is 31.4 Å². The highest BCUT2D eigenvalue weighted by atomic mass is 31.2. The smallest absolute Gasteiger partial charge is 0.394 e. The van der Waals surface area contributed by atoms with Crippen LogP contribution in [0.3, 0.4) is 0 Å². The molecule has 5 aliphatic rings. The predicted molar refractivity (Wildman–Crippen MR) is 238 cm³/mol. The molecule has 2 unspecified atom stereocenters. The number of carbonyl (C=O) groups excluding carboxylic acids is 5. The summed E-state index contributed by atoms with van der Waals surface area (Å²) >= 11 is 0. The van der Waals surface area contributed by atoms with Crippen LogP contribution < -0.4 is 27.0 Å². The van der Waals surface area contributed by atoms with Gasteiger partial charge in [0, 0.05) is 20.8 Å². The number of carbonyl (C=O) groups is 5. The van der Waals surface area contributed by atoms with Gasteiger partial charge in [0.2, 0.25) is 29.5 Å². The number of rotatable bonds is 22. The zero-order valence-electron chi connectivity index (χ0n) is 41.0. The van der Waals surface area contributed by atoms with Crippen LogP contribution in [0.5, 0.6) is 0 Å². The number of nitrogens with one attached hydrogen (secondary N) is 4. The van der Waals surface area contributed by atoms with Gasteiger partial charge in [0.05, 0.1) is 39.5 Å². The summed E-state index contributed by atoms with van der Waals surface area (Å²) in [5.41, 5.74) is 5.28. The van der Waals surface area contributed by atoms with Crippen molar-refractivity contribution in [1.29, 1.82) is 0 Å². The Kier molecular flexibility index (Phi) is 23.3. The van der Waals surface area contributed by atoms with Gasteiger partial charge < -0.3 is 141 Å². The monoisotopic (exact) mass is 1150 g/mol. The highest BCUT2D eigenvalue weighted by Crippen LogP contribution is 2.47. The summed E-state index contributed by atoms with van der Waals surface area (Å²) in [6, 6.07) is -4.87. The molecule has 444 valence electrons. The lowest BCUT2D eigenvalue weighted by Gasteiger charge is -2.50. The van der Waals surface area contributed by atoms with Gasteiger partial charge in [-0.15, -0.1) is 0 Å². The maximum absolute atomic E-state index is 13.0. The molecule has 27 atom stereocenters. The topological polar surface area (TPSA) is 572 Å². The molecule has 5 saturated heterocycles. The second kappa shape index (κ2) is 27.8. The highest BCUT2D eigenvalue weighted by Gasteiger charge is 2.56. The zero-order chi connectivity index (χ0) is 57.5. The normalized spacial score (nSPS) is 42.8. The lowest BCUT2D eigenvalue weighted by molar-refractivity contribution is -0.363. The Hall–Kier alpha value is -3.42. The maximum Gasteiger partial charge on any atom is 0.474 e. The summed E-state index contributed by atoms with van der Waals surface area (Å²) in [7, 11) is -5.36. The minimum absolute atomic E-state index is 0.706. The van der Waals surface area contributed by atoms with Gasteiger partial charge in [0.1, 0.15) is 128 Å². The fourth-order valence-corrected chi connectivity index (χ4v) is 9.57. The van der Waals surface area contributed by atoms with Crippen LogP contribution in [0, 0.1) is 0 Å². The number of aliphatic hydroxyl groups excluding tert-OH is 14. The van der Waals surface area contributed by atoms with Gasteiger partial charge in [0.25, 0.3) is 0 Å². The summed E-state index contributed by atoms with van der Waals surface area (Å²) in [6.07, 6.45) is -45.5. The summed E-state index contributed by atoms with van der Waals surface area (Å²) in [5, 5.41) is 158. The molecule has 77 heavy (non-hydrogen) atoms. The quantitative estimate of drug-likeness (QED) is 0.0448. The van der Waals surface area contributed by atoms with Crippen molar-refractivity contribution in [3.63, 3.8) is 0 Å². The number of amides is 5. The lowest BCUT2D eigenvalue weighted by atomic mass is 9.93. The molecular formula is C40H68N5O31P. The largest absolute Gasteiger partial charge is 0.474 e. The molecule has 0 aliphatic carbocycles. The van der Waals surface area contributed by atoms with E-state index in [4.69, 9.17) is 52.7 Å². The van der Waals surface area contributed by atoms with E-state index < -0.39 is 236 Å². The summed E-state index contributed by atoms with van der Waals surface area (Å²) < 4.78 is 67.4. The number of primary amides is 1. The van der Waals surface area contributed by atoms with Crippen LogP contribution in [0.2, 0.25) is 0 Å². The van der Waals surface area contributed by atoms with Crippen molar-refractivity contribution in [3.05, 3.63) is 0 Å². The molecule has 5 amide bonds. The number of phosphoric ester groups is 1. The Morgan fingerprint density at radius 1 is 0.519 bits per heavy atom. The lowest BCUT2D eigenvalue weighted by Crippen LogP contribution is -2.71. The molecule has 21 N–H and O–H groups in total. The van der Waals surface area contributed by atoms with E-state index in [1.54, 1.807) is 0 Å². The third kappa shape index (κ3) is 15.9. The van der Waals surface area contributed by atoms with Crippen LogP contribution in [0.15, 0.2) is 0 Å². The molecule has 5 heterocycles. The van der Waals surface area contributed by atoms with E-state index in [9.17, 15) is 105 Å². The summed E-state index contributed by atoms with van der Waals surface area (Å²) in [5.74, 6) is -4.42. The first-order valence-electron chi connectivity index (χ1n) is 23.6. The first kappa shape index (κ1) is 64.4. The number of aliphatic hydroxyl groups is 14. The van der Waals surface area contributed by atoms with Gasteiger partial charge in [-0.2, -0.15) is 0 Å². The third-order valence-corrected chi connectivity index (χ3v) is 13.7. The summed E-state index contributed by atoms with van der Waals surface area (Å²) in [4.78, 5) is 71.6. The number of hydrogen-bond donors (Lipinski definition) is 20. The van der Waals surface area contributed by atoms with E-state index >= 15 is 0 Å². The van der Waals surface area contributed by atoms with E-state index in [1.165, 1.54) is 0 Å². The number of ether oxygens (including phenoxy) is 8. The zero-order valence-corrected chi connectivity index (χ0v) is 41.9. The van der Waals surface area contributed by atoms with Crippen LogP contribution in [0.4, 0.5) is 0 Å². The Labute approximate surface area is 435 Å². The fraction of sp³-hybridized carbons (Fsp3) is 0.875. The fourth-order valence-electron chi connectivity index (χ4n) is 8.74. The molecule has 5 fully saturated rings. The Bertz CT molecular complexity index is 2040. The second-order valence-corrected chi connectivity index (χ2v) is 19.9. The molecule has 37 heteroatoms. The molecule has 0 aromatic heterocycles. The molecule has 0 aromatic rings. The van der Waals surface area contributed by atoms with Crippen LogP contribution in [-0.2, 0) is 75.5 Å². The Balaban J connectivity index is 1.26. The molecular weight excluding hydrogens is 1080 g/mol. The van der Waals surface area contributed by atoms with Crippen LogP contribution in [0.25, 0.3) is 0 Å². The Morgan fingerprint density at radius 3 is 1.49 bits per heavy atom. The molecule has 0 spiro atoms. The summed E-state index contributed by atoms with van der Waals surface area (Å²) in [6.45, 7) is -1.96. The van der Waals surface area contributed by atoms with Crippen molar-refractivity contribution in [1.82, 2.24) is 21.3 Å². The average Bonchev–Trinajstić information content (AvgIpc) is 3.36. The minimum Gasteiger partial charge on any atom is -0.394 e. The van der Waals surface area contributed by atoms with Gasteiger partial charge in [-0.25, -0.2) is 4.57 Å². The van der Waals surface area contributed by atoms with Crippen molar-refractivity contribution in [2.75, 3.05) is 33.0 Å². The SMILES string of the molecule is CC(=O)N[C@H]1[C@H](O[C@H]2[C@H](O)[C@@H](NC(C)=O)C(NC(=O)C[C@H](NC(C)=O)C(N)=O)O[C@@H]2CO)O[C@H](CO)[C@@H](O[C@@H]2O[C@H](CO[C@@H]3O[C@H](COP(=O)(O)O[C@@H]4O[C@H](CO)[C@@H](O)[C@H](O)[C@H]4O)[C@@H](O)[C@H](O)[C@@H]3O)[C@@H](O)[C@H](O)[C@@H]2O)[C@@H]1O. The third-order valence-electron chi connectivity index (χ3n) is 12.7. The number of nitrogens with two attached hydrogens (primary N) is 1. The van der Waals surface area contributed by atoms with E-state index in [2.05, 4.69) is 21.3 Å². The standard InChI is InChI=1S/C40H68N5O31P/c1-10(49)42-13(35(41)64)4-19(52)45-36-20(43-11(2)50)25(56)33(15(6-47)69-36)74-37-21(44-12(3)51)26(57)34(16(7-48)71-37)75-39-31(62)29(60)23(54)17(73-39)8-67-38-30(61)28(59)24(55)18(72-38)9-68-77(65,66)76-40-32(63)27(58)22(53)14(5-46)70-40/h13-18,20-34,36-40,46-48,53-63H,4-9H2,1-3H3,(H2,41,64)(H,42,49)(H,43,50)(H,44,51)(H,45,52)(H,65,66)/t13-,14+,15+,16+,17+,18+,20+,21+,22+,23+,24+,25+,26+,27-,28-,29-,30-,31-,32+,33+,34+,36?,37-,38+,39-,40-/m0/s1. The second-order valence-electron chi connectivity index (χ2n) is 18.5. The highest BCUT2D eigenvalue weighted by molar-refractivity contribution is 7.47. The van der Waals surface area contributed by atoms with E-state index in [0.29, 0.717) is 0 Å². The van der Waals surface area contributed by atoms with Crippen LogP contribution in [-0.4, -0.2) is 298 Å². The molecule has 36 nitrogen and oxygen atoms in total. The van der Waals surface area contributed by atoms with Crippen molar-refractivity contribution < 1.29 is 152 Å². The van der Waals surface area contributed by atoms with Gasteiger partial charge >= 0.3 is 7.82 Å². The predicted octanol–water partition coefficient (Wildman–Crippen LogP) is -13.0. The van der Waals surface area contributed by atoms with Gasteiger partial charge in [-0.1, -0.05) is 0 Å². The average molecular weight is 1150 g/mol. The molecule has 0 saturated carbocycles. The van der Waals surface area contributed by atoms with Crippen LogP contribution in [0.1, 0.15) is 27.2 Å². The first-order chi connectivity index (χ1) is 36.0. The van der Waals surface area contributed by atoms with E-state index in [0.717, 1.165) is 20.8 Å². The Morgan fingerprint density at radius 2 is 0.961 bits per heavy atom. The number of hydrogen-bond acceptors (Lipinski definition) is 30. The minimum atomic E-state index is -5.36. The van der Waals surface area contributed by atoms with Crippen molar-refractivity contribution in [2.45, 2.75) is 187 Å². The number of phosphoric acid groups is 1. The van der Waals surface area contributed by atoms with Crippen LogP contribution >= 0.6 is 7.82 Å². The van der Waals surface area contributed by atoms with Crippen molar-refractivity contribution >= 4 is 37.4 Å². The molecule has 0 aromatic carbocycles.